The van der Waals surface area contributed by atoms with E-state index in [2.05, 4.69) is 15.3 Å². The van der Waals surface area contributed by atoms with E-state index in [9.17, 15) is 9.00 Å². The average molecular weight is 379 g/mol. The number of fused-ring (bicyclic) bond motifs is 1. The molecule has 4 rings (SSSR count). The molecular formula is C20H17N3O3S. The van der Waals surface area contributed by atoms with Gasteiger partial charge in [-0.15, -0.1) is 0 Å². The number of amides is 1. The van der Waals surface area contributed by atoms with Gasteiger partial charge in [0.25, 0.3) is 5.91 Å². The Bertz CT molecular complexity index is 1130. The summed E-state index contributed by atoms with van der Waals surface area (Å²) >= 11 is 0. The van der Waals surface area contributed by atoms with Gasteiger partial charge < -0.3 is 14.7 Å². The normalized spacial score (nSPS) is 12.2. The van der Waals surface area contributed by atoms with Crippen molar-refractivity contribution in [3.8, 4) is 11.6 Å². The van der Waals surface area contributed by atoms with E-state index >= 15 is 0 Å². The summed E-state index contributed by atoms with van der Waals surface area (Å²) in [6.45, 7) is 0. The number of hydrogen-bond acceptors (Lipinski definition) is 4. The van der Waals surface area contributed by atoms with Gasteiger partial charge in [-0.2, -0.15) is 0 Å². The summed E-state index contributed by atoms with van der Waals surface area (Å²) in [7, 11) is -0.953. The van der Waals surface area contributed by atoms with Crippen molar-refractivity contribution < 1.29 is 13.4 Å². The van der Waals surface area contributed by atoms with E-state index in [0.29, 0.717) is 28.6 Å². The number of nitrogens with zero attached hydrogens (tertiary/aromatic N) is 1. The molecule has 0 aliphatic heterocycles. The number of aromatic amines is 1. The van der Waals surface area contributed by atoms with Gasteiger partial charge in [-0.1, -0.05) is 12.1 Å². The molecule has 2 aromatic carbocycles. The van der Waals surface area contributed by atoms with Gasteiger partial charge in [-0.3, -0.25) is 9.00 Å². The third kappa shape index (κ3) is 3.83. The fourth-order valence-electron chi connectivity index (χ4n) is 2.86. The molecule has 0 aliphatic carbocycles. The first-order valence-corrected chi connectivity index (χ1v) is 10.1. The number of imidazole rings is 1. The Hall–Kier alpha value is -3.19. The number of carbonyl (C=O) groups is 1. The monoisotopic (exact) mass is 379 g/mol. The average Bonchev–Trinajstić information content (AvgIpc) is 3.30. The standard InChI is InChI=1S/C20H17N3O3S/c1-27(25)12-13-4-2-5-14(10-13)20(24)21-15-7-8-16-17(11-15)23-19(22-16)18-6-3-9-26-18/h2-11H,12H2,1H3,(H,21,24)(H,22,23)/t27-/m0/s1. The van der Waals surface area contributed by atoms with Crippen molar-refractivity contribution in [1.29, 1.82) is 0 Å². The summed E-state index contributed by atoms with van der Waals surface area (Å²) in [5, 5.41) is 2.89. The Balaban J connectivity index is 1.56. The zero-order chi connectivity index (χ0) is 18.8. The Labute approximate surface area is 158 Å². The maximum Gasteiger partial charge on any atom is 0.255 e. The van der Waals surface area contributed by atoms with Crippen LogP contribution >= 0.6 is 0 Å². The van der Waals surface area contributed by atoms with Crippen molar-refractivity contribution in [1.82, 2.24) is 9.97 Å². The quantitative estimate of drug-likeness (QED) is 0.549. The van der Waals surface area contributed by atoms with Crippen molar-refractivity contribution in [3.05, 3.63) is 72.0 Å². The van der Waals surface area contributed by atoms with E-state index < -0.39 is 10.8 Å². The number of hydrogen-bond donors (Lipinski definition) is 2. The highest BCUT2D eigenvalue weighted by atomic mass is 32.2. The molecule has 1 atom stereocenters. The lowest BCUT2D eigenvalue weighted by atomic mass is 10.1. The minimum atomic E-state index is -0.953. The number of anilines is 1. The molecule has 2 aromatic heterocycles. The number of benzene rings is 2. The van der Waals surface area contributed by atoms with E-state index in [-0.39, 0.29) is 5.91 Å². The number of carbonyl (C=O) groups excluding carboxylic acids is 1. The van der Waals surface area contributed by atoms with Crippen LogP contribution in [0.4, 0.5) is 5.69 Å². The van der Waals surface area contributed by atoms with Crippen LogP contribution in [-0.4, -0.2) is 26.3 Å². The van der Waals surface area contributed by atoms with Crippen LogP contribution in [0.3, 0.4) is 0 Å². The molecule has 6 nitrogen and oxygen atoms in total. The molecule has 4 aromatic rings. The Morgan fingerprint density at radius 1 is 1.19 bits per heavy atom. The fraction of sp³-hybridized carbons (Fsp3) is 0.100. The highest BCUT2D eigenvalue weighted by Gasteiger charge is 2.11. The smallest absolute Gasteiger partial charge is 0.255 e. The number of nitrogens with one attached hydrogen (secondary N) is 2. The molecule has 0 radical (unpaired) electrons. The van der Waals surface area contributed by atoms with Crippen molar-refractivity contribution in [2.45, 2.75) is 5.75 Å². The van der Waals surface area contributed by atoms with E-state index in [1.807, 2.05) is 24.3 Å². The minimum absolute atomic E-state index is 0.219. The second kappa shape index (κ2) is 7.20. The van der Waals surface area contributed by atoms with Gasteiger partial charge in [0.05, 0.1) is 17.3 Å². The Morgan fingerprint density at radius 3 is 2.85 bits per heavy atom. The maximum atomic E-state index is 12.6. The first-order chi connectivity index (χ1) is 13.1. The lowest BCUT2D eigenvalue weighted by Crippen LogP contribution is -2.12. The van der Waals surface area contributed by atoms with Gasteiger partial charge in [0, 0.05) is 34.1 Å². The molecule has 1 amide bonds. The molecule has 2 N–H and O–H groups in total. The largest absolute Gasteiger partial charge is 0.461 e. The summed E-state index contributed by atoms with van der Waals surface area (Å²) in [6, 6.07) is 16.3. The maximum absolute atomic E-state index is 12.6. The van der Waals surface area contributed by atoms with Gasteiger partial charge in [-0.25, -0.2) is 4.98 Å². The van der Waals surface area contributed by atoms with Crippen LogP contribution in [0.1, 0.15) is 15.9 Å². The predicted molar refractivity (Wildman–Crippen MR) is 106 cm³/mol. The van der Waals surface area contributed by atoms with Crippen molar-refractivity contribution in [2.75, 3.05) is 11.6 Å². The number of furan rings is 1. The molecule has 27 heavy (non-hydrogen) atoms. The number of H-pyrrole nitrogens is 1. The fourth-order valence-corrected chi connectivity index (χ4v) is 3.51. The van der Waals surface area contributed by atoms with Crippen molar-refractivity contribution in [2.24, 2.45) is 0 Å². The third-order valence-corrected chi connectivity index (χ3v) is 4.79. The van der Waals surface area contributed by atoms with E-state index in [4.69, 9.17) is 4.42 Å². The Kier molecular flexibility index (Phi) is 4.60. The topological polar surface area (TPSA) is 88.0 Å². The third-order valence-electron chi connectivity index (χ3n) is 4.05. The van der Waals surface area contributed by atoms with Crippen LogP contribution in [0.15, 0.2) is 65.3 Å². The molecule has 0 spiro atoms. The lowest BCUT2D eigenvalue weighted by molar-refractivity contribution is 0.102. The Morgan fingerprint density at radius 2 is 2.07 bits per heavy atom. The summed E-state index contributed by atoms with van der Waals surface area (Å²) in [6.07, 6.45) is 3.24. The van der Waals surface area contributed by atoms with Gasteiger partial charge in [0.15, 0.2) is 11.6 Å². The highest BCUT2D eigenvalue weighted by Crippen LogP contribution is 2.23. The summed E-state index contributed by atoms with van der Waals surface area (Å²) < 4.78 is 16.7. The first-order valence-electron chi connectivity index (χ1n) is 8.32. The second-order valence-corrected chi connectivity index (χ2v) is 7.60. The van der Waals surface area contributed by atoms with Crippen LogP contribution in [0.2, 0.25) is 0 Å². The molecule has 2 heterocycles. The zero-order valence-corrected chi connectivity index (χ0v) is 15.4. The van der Waals surface area contributed by atoms with Crippen LogP contribution in [0.5, 0.6) is 0 Å². The molecule has 0 aliphatic rings. The SMILES string of the molecule is C[S@](=O)Cc1cccc(C(=O)Nc2ccc3nc(-c4ccco4)[nH]c3c2)c1. The van der Waals surface area contributed by atoms with E-state index in [1.54, 1.807) is 42.9 Å². The van der Waals surface area contributed by atoms with E-state index in [1.165, 1.54) is 0 Å². The molecule has 7 heteroatoms. The minimum Gasteiger partial charge on any atom is -0.461 e. The van der Waals surface area contributed by atoms with Crippen molar-refractivity contribution in [3.63, 3.8) is 0 Å². The summed E-state index contributed by atoms with van der Waals surface area (Å²) in [4.78, 5) is 20.2. The molecule has 0 saturated carbocycles. The number of rotatable bonds is 5. The highest BCUT2D eigenvalue weighted by molar-refractivity contribution is 7.83. The second-order valence-electron chi connectivity index (χ2n) is 6.17. The molecule has 0 bridgehead atoms. The van der Waals surface area contributed by atoms with Crippen LogP contribution in [0, 0.1) is 0 Å². The summed E-state index contributed by atoms with van der Waals surface area (Å²) in [5.41, 5.74) is 3.64. The predicted octanol–water partition coefficient (Wildman–Crippen LogP) is 3.95. The molecule has 0 unspecified atom stereocenters. The van der Waals surface area contributed by atoms with Gasteiger partial charge in [0.1, 0.15) is 0 Å². The summed E-state index contributed by atoms with van der Waals surface area (Å²) in [5.74, 6) is 1.50. The van der Waals surface area contributed by atoms with Gasteiger partial charge in [-0.05, 0) is 48.0 Å². The molecule has 0 fully saturated rings. The zero-order valence-electron chi connectivity index (χ0n) is 14.6. The van der Waals surface area contributed by atoms with Gasteiger partial charge >= 0.3 is 0 Å². The first kappa shape index (κ1) is 17.2. The molecular weight excluding hydrogens is 362 g/mol. The van der Waals surface area contributed by atoms with Crippen LogP contribution in [-0.2, 0) is 16.6 Å². The van der Waals surface area contributed by atoms with Gasteiger partial charge in [0.2, 0.25) is 0 Å². The van der Waals surface area contributed by atoms with Crippen molar-refractivity contribution >= 4 is 33.4 Å². The van der Waals surface area contributed by atoms with E-state index in [0.717, 1.165) is 16.6 Å². The van der Waals surface area contributed by atoms with Crippen LogP contribution in [0.25, 0.3) is 22.6 Å². The number of aromatic nitrogens is 2. The lowest BCUT2D eigenvalue weighted by Gasteiger charge is -2.07. The molecule has 0 saturated heterocycles. The molecule has 136 valence electrons. The van der Waals surface area contributed by atoms with Crippen LogP contribution < -0.4 is 5.32 Å².